The van der Waals surface area contributed by atoms with Gasteiger partial charge in [0.2, 0.25) is 0 Å². The van der Waals surface area contributed by atoms with E-state index in [9.17, 15) is 15.0 Å². The molecule has 6 rings (SSSR count). The van der Waals surface area contributed by atoms with Gasteiger partial charge >= 0.3 is 0 Å². The lowest BCUT2D eigenvalue weighted by Crippen LogP contribution is -2.63. The van der Waals surface area contributed by atoms with E-state index in [4.69, 9.17) is 0 Å². The molecule has 0 aromatic rings. The molecule has 31 heavy (non-hydrogen) atoms. The summed E-state index contributed by atoms with van der Waals surface area (Å²) in [5.74, 6) is 5.43. The quantitative estimate of drug-likeness (QED) is 0.613. The average molecular weight is 430 g/mol. The fourth-order valence-electron chi connectivity index (χ4n) is 10.4. The minimum Gasteiger partial charge on any atom is -0.393 e. The molecule has 4 aliphatic carbocycles. The summed E-state index contributed by atoms with van der Waals surface area (Å²) in [7, 11) is 0. The molecule has 12 unspecified atom stereocenters. The number of carbonyl (C=O) groups excluding carboxylic acids is 1. The van der Waals surface area contributed by atoms with E-state index in [0.717, 1.165) is 55.9 Å². The number of Topliss-reactive ketones (excluding diaryl/α,β-unsaturated/α-hetero) is 1. The predicted octanol–water partition coefficient (Wildman–Crippen LogP) is 3.89. The van der Waals surface area contributed by atoms with E-state index >= 15 is 0 Å². The molecule has 4 saturated carbocycles. The van der Waals surface area contributed by atoms with Crippen LogP contribution in [0.3, 0.4) is 0 Å². The first-order valence-electron chi connectivity index (χ1n) is 13.3. The van der Waals surface area contributed by atoms with Gasteiger partial charge in [-0.15, -0.1) is 0 Å². The van der Waals surface area contributed by atoms with Crippen LogP contribution >= 0.6 is 0 Å². The highest BCUT2D eigenvalue weighted by Crippen LogP contribution is 2.66. The molecule has 2 saturated heterocycles. The van der Waals surface area contributed by atoms with Gasteiger partial charge in [-0.05, 0) is 105 Å². The molecule has 2 N–H and O–H groups in total. The Morgan fingerprint density at radius 2 is 1.77 bits per heavy atom. The lowest BCUT2D eigenvalue weighted by Gasteiger charge is -2.57. The molecular weight excluding hydrogens is 386 g/mol. The summed E-state index contributed by atoms with van der Waals surface area (Å²) in [5, 5.41) is 21.5. The van der Waals surface area contributed by atoms with Crippen LogP contribution in [0.15, 0.2) is 0 Å². The van der Waals surface area contributed by atoms with E-state index in [2.05, 4.69) is 25.7 Å². The van der Waals surface area contributed by atoms with Crippen molar-refractivity contribution < 1.29 is 15.0 Å². The van der Waals surface area contributed by atoms with Crippen molar-refractivity contribution in [1.29, 1.82) is 0 Å². The Hall–Kier alpha value is -0.450. The van der Waals surface area contributed by atoms with Crippen molar-refractivity contribution in [2.24, 2.45) is 52.8 Å². The van der Waals surface area contributed by atoms with Crippen molar-refractivity contribution in [3.8, 4) is 0 Å². The third kappa shape index (κ3) is 3.06. The highest BCUT2D eigenvalue weighted by molar-refractivity contribution is 5.83. The number of carbonyl (C=O) groups is 1. The number of nitrogens with zero attached hydrogens (tertiary/aromatic N) is 1. The Kier molecular flexibility index (Phi) is 4.78. The van der Waals surface area contributed by atoms with Crippen LogP contribution in [0.2, 0.25) is 0 Å². The highest BCUT2D eigenvalue weighted by atomic mass is 16.3. The number of fused-ring (bicyclic) bond motifs is 8. The molecule has 2 heterocycles. The van der Waals surface area contributed by atoms with E-state index < -0.39 is 5.60 Å². The van der Waals surface area contributed by atoms with Crippen LogP contribution in [0, 0.1) is 52.8 Å². The van der Waals surface area contributed by atoms with Gasteiger partial charge in [-0.3, -0.25) is 9.69 Å². The Morgan fingerprint density at radius 3 is 2.58 bits per heavy atom. The first-order valence-corrected chi connectivity index (χ1v) is 13.3. The second kappa shape index (κ2) is 7.03. The first-order chi connectivity index (χ1) is 14.7. The van der Waals surface area contributed by atoms with Crippen LogP contribution < -0.4 is 0 Å². The van der Waals surface area contributed by atoms with Crippen molar-refractivity contribution in [1.82, 2.24) is 4.90 Å². The molecule has 6 aliphatic rings. The molecule has 0 radical (unpaired) electrons. The SMILES string of the molecule is CC1CN2CC3C(CCC4C3CC3C4CC(=O)C4CC(O)CCC43C)CC2C(C)(O)C1. The molecule has 6 fully saturated rings. The van der Waals surface area contributed by atoms with Crippen LogP contribution in [0.5, 0.6) is 0 Å². The highest BCUT2D eigenvalue weighted by Gasteiger charge is 2.62. The van der Waals surface area contributed by atoms with Crippen molar-refractivity contribution in [2.45, 2.75) is 96.3 Å². The van der Waals surface area contributed by atoms with Crippen molar-refractivity contribution in [3.05, 3.63) is 0 Å². The largest absolute Gasteiger partial charge is 0.393 e. The van der Waals surface area contributed by atoms with Crippen molar-refractivity contribution >= 4 is 5.78 Å². The van der Waals surface area contributed by atoms with Crippen LogP contribution in [-0.4, -0.2) is 51.7 Å². The maximum atomic E-state index is 13.2. The molecule has 2 aliphatic heterocycles. The summed E-state index contributed by atoms with van der Waals surface area (Å²) in [6, 6.07) is 0.341. The van der Waals surface area contributed by atoms with Gasteiger partial charge in [0.1, 0.15) is 5.78 Å². The van der Waals surface area contributed by atoms with Crippen LogP contribution in [0.1, 0.15) is 78.6 Å². The first kappa shape index (κ1) is 21.1. The molecule has 174 valence electrons. The minimum absolute atomic E-state index is 0.0993. The van der Waals surface area contributed by atoms with E-state index in [1.807, 2.05) is 0 Å². The molecule has 4 heteroatoms. The van der Waals surface area contributed by atoms with Gasteiger partial charge < -0.3 is 10.2 Å². The summed E-state index contributed by atoms with van der Waals surface area (Å²) >= 11 is 0. The average Bonchev–Trinajstić information content (AvgIpc) is 3.08. The zero-order chi connectivity index (χ0) is 21.7. The van der Waals surface area contributed by atoms with Crippen LogP contribution in [-0.2, 0) is 4.79 Å². The lowest BCUT2D eigenvalue weighted by atomic mass is 9.51. The monoisotopic (exact) mass is 429 g/mol. The number of rotatable bonds is 0. The van der Waals surface area contributed by atoms with Gasteiger partial charge in [-0.1, -0.05) is 13.8 Å². The third-order valence-corrected chi connectivity index (χ3v) is 11.6. The molecule has 0 aromatic carbocycles. The Bertz CT molecular complexity index is 751. The molecule has 12 atom stereocenters. The maximum Gasteiger partial charge on any atom is 0.136 e. The molecule has 0 amide bonds. The molecule has 0 aromatic heterocycles. The second-order valence-corrected chi connectivity index (χ2v) is 13.4. The van der Waals surface area contributed by atoms with E-state index in [1.54, 1.807) is 0 Å². The van der Waals surface area contributed by atoms with Gasteiger partial charge in [-0.25, -0.2) is 0 Å². The zero-order valence-corrected chi connectivity index (χ0v) is 19.8. The summed E-state index contributed by atoms with van der Waals surface area (Å²) in [6.07, 6.45) is 9.18. The molecule has 0 bridgehead atoms. The number of hydrogen-bond acceptors (Lipinski definition) is 4. The van der Waals surface area contributed by atoms with Crippen LogP contribution in [0.4, 0.5) is 0 Å². The maximum absolute atomic E-state index is 13.2. The lowest BCUT2D eigenvalue weighted by molar-refractivity contribution is -0.146. The summed E-state index contributed by atoms with van der Waals surface area (Å²) < 4.78 is 0. The van der Waals surface area contributed by atoms with Gasteiger partial charge in [0.15, 0.2) is 0 Å². The molecule has 0 spiro atoms. The number of ketones is 1. The standard InChI is InChI=1S/C27H43NO3/c1-15-12-27(3,31)25-8-16-4-5-18-19(21(16)14-28(25)13-15)10-22-20(18)11-24(30)23-9-17(29)6-7-26(22,23)2/h15-23,25,29,31H,4-14H2,1-3H3. The minimum atomic E-state index is -0.542. The molecular formula is C27H43NO3. The fourth-order valence-corrected chi connectivity index (χ4v) is 10.4. The number of aliphatic hydroxyl groups is 2. The summed E-state index contributed by atoms with van der Waals surface area (Å²) in [6.45, 7) is 9.11. The fraction of sp³-hybridized carbons (Fsp3) is 0.963. The van der Waals surface area contributed by atoms with Crippen molar-refractivity contribution in [3.63, 3.8) is 0 Å². The van der Waals surface area contributed by atoms with Gasteiger partial charge in [0.05, 0.1) is 11.7 Å². The van der Waals surface area contributed by atoms with E-state index in [0.29, 0.717) is 36.0 Å². The molecule has 4 nitrogen and oxygen atoms in total. The predicted molar refractivity (Wildman–Crippen MR) is 120 cm³/mol. The van der Waals surface area contributed by atoms with Crippen molar-refractivity contribution in [2.75, 3.05) is 13.1 Å². The van der Waals surface area contributed by atoms with Gasteiger partial charge in [0, 0.05) is 31.5 Å². The third-order valence-electron chi connectivity index (χ3n) is 11.6. The normalized spacial score (nSPS) is 59.2. The Balaban J connectivity index is 1.27. The summed E-state index contributed by atoms with van der Waals surface area (Å²) in [4.78, 5) is 15.9. The Labute approximate surface area is 188 Å². The summed E-state index contributed by atoms with van der Waals surface area (Å²) in [5.41, 5.74) is -0.425. The zero-order valence-electron chi connectivity index (χ0n) is 19.8. The number of piperidine rings is 2. The smallest absolute Gasteiger partial charge is 0.136 e. The number of aliphatic hydroxyl groups excluding tert-OH is 1. The number of hydrogen-bond donors (Lipinski definition) is 2. The Morgan fingerprint density at radius 1 is 0.968 bits per heavy atom. The van der Waals surface area contributed by atoms with Gasteiger partial charge in [0.25, 0.3) is 0 Å². The van der Waals surface area contributed by atoms with Gasteiger partial charge in [-0.2, -0.15) is 0 Å². The topological polar surface area (TPSA) is 60.8 Å². The van der Waals surface area contributed by atoms with Crippen LogP contribution in [0.25, 0.3) is 0 Å². The second-order valence-electron chi connectivity index (χ2n) is 13.4. The van der Waals surface area contributed by atoms with E-state index in [1.165, 1.54) is 32.2 Å². The van der Waals surface area contributed by atoms with E-state index in [-0.39, 0.29) is 17.4 Å².